The average molecular weight is 217 g/mol. The van der Waals surface area contributed by atoms with Gasteiger partial charge in [0.2, 0.25) is 0 Å². The number of aromatic nitrogens is 3. The molecule has 0 saturated heterocycles. The minimum atomic E-state index is 0.125. The average Bonchev–Trinajstić information content (AvgIpc) is 2.59. The van der Waals surface area contributed by atoms with Crippen LogP contribution < -0.4 is 0 Å². The third-order valence-corrected chi connectivity index (χ3v) is 2.72. The first-order chi connectivity index (χ1) is 7.74. The van der Waals surface area contributed by atoms with Crippen LogP contribution in [0.15, 0.2) is 24.4 Å². The monoisotopic (exact) mass is 217 g/mol. The molecule has 0 aliphatic carbocycles. The molecule has 2 heterocycles. The Morgan fingerprint density at radius 3 is 2.81 bits per heavy atom. The molecule has 0 aliphatic heterocycles. The number of pyridine rings is 1. The Hall–Kier alpha value is -1.68. The van der Waals surface area contributed by atoms with Crippen LogP contribution >= 0.6 is 0 Å². The highest BCUT2D eigenvalue weighted by Gasteiger charge is 2.12. The van der Waals surface area contributed by atoms with Gasteiger partial charge in [0.05, 0.1) is 5.69 Å². The van der Waals surface area contributed by atoms with Gasteiger partial charge in [-0.05, 0) is 19.1 Å². The zero-order valence-corrected chi connectivity index (χ0v) is 9.51. The maximum Gasteiger partial charge on any atom is 0.158 e. The van der Waals surface area contributed by atoms with Crippen LogP contribution in [0.3, 0.4) is 0 Å². The Labute approximate surface area is 94.6 Å². The molecule has 4 heteroatoms. The predicted molar refractivity (Wildman–Crippen MR) is 62.0 cm³/mol. The number of imidazole rings is 1. The van der Waals surface area contributed by atoms with Gasteiger partial charge in [0.1, 0.15) is 5.69 Å². The van der Waals surface area contributed by atoms with E-state index in [0.717, 1.165) is 22.9 Å². The minimum absolute atomic E-state index is 0.125. The van der Waals surface area contributed by atoms with Crippen molar-refractivity contribution in [1.82, 2.24) is 14.5 Å². The fraction of sp³-hybridized carbons (Fsp3) is 0.333. The lowest BCUT2D eigenvalue weighted by Crippen LogP contribution is -1.97. The molecular formula is C12H15N3O. The van der Waals surface area contributed by atoms with E-state index in [0.29, 0.717) is 6.42 Å². The van der Waals surface area contributed by atoms with Crippen LogP contribution in [0, 0.1) is 6.92 Å². The van der Waals surface area contributed by atoms with Gasteiger partial charge in [-0.1, -0.05) is 6.07 Å². The summed E-state index contributed by atoms with van der Waals surface area (Å²) in [6.07, 6.45) is 2.34. The molecule has 0 aliphatic rings. The molecule has 1 N–H and O–H groups in total. The van der Waals surface area contributed by atoms with E-state index < -0.39 is 0 Å². The van der Waals surface area contributed by atoms with Crippen LogP contribution in [0.2, 0.25) is 0 Å². The first-order valence-electron chi connectivity index (χ1n) is 5.28. The summed E-state index contributed by atoms with van der Waals surface area (Å²) >= 11 is 0. The normalized spacial score (nSPS) is 10.7. The van der Waals surface area contributed by atoms with E-state index >= 15 is 0 Å². The molecule has 0 amide bonds. The van der Waals surface area contributed by atoms with Crippen molar-refractivity contribution in [1.29, 1.82) is 0 Å². The van der Waals surface area contributed by atoms with Crippen molar-refractivity contribution >= 4 is 0 Å². The Morgan fingerprint density at radius 1 is 1.38 bits per heavy atom. The Morgan fingerprint density at radius 2 is 2.19 bits per heavy atom. The number of hydrogen-bond donors (Lipinski definition) is 1. The van der Waals surface area contributed by atoms with Crippen LogP contribution in [0.5, 0.6) is 0 Å². The highest BCUT2D eigenvalue weighted by atomic mass is 16.3. The van der Waals surface area contributed by atoms with E-state index in [1.165, 1.54) is 0 Å². The Bertz CT molecular complexity index is 477. The van der Waals surface area contributed by atoms with Gasteiger partial charge in [0, 0.05) is 32.0 Å². The van der Waals surface area contributed by atoms with Gasteiger partial charge in [0.25, 0.3) is 0 Å². The molecule has 0 spiro atoms. The largest absolute Gasteiger partial charge is 0.396 e. The Balaban J connectivity index is 2.46. The highest BCUT2D eigenvalue weighted by Crippen LogP contribution is 2.18. The SMILES string of the molecule is Cc1c(CCO)nc(-c2ccccn2)n1C. The van der Waals surface area contributed by atoms with E-state index in [-0.39, 0.29) is 6.61 Å². The van der Waals surface area contributed by atoms with Crippen molar-refractivity contribution < 1.29 is 5.11 Å². The van der Waals surface area contributed by atoms with Crippen LogP contribution in [0.25, 0.3) is 11.5 Å². The fourth-order valence-electron chi connectivity index (χ4n) is 1.70. The molecule has 0 radical (unpaired) electrons. The fourth-order valence-corrected chi connectivity index (χ4v) is 1.70. The molecule has 0 unspecified atom stereocenters. The summed E-state index contributed by atoms with van der Waals surface area (Å²) in [5.74, 6) is 0.849. The number of nitrogens with zero attached hydrogens (tertiary/aromatic N) is 3. The van der Waals surface area contributed by atoms with Crippen molar-refractivity contribution in [2.24, 2.45) is 7.05 Å². The molecule has 16 heavy (non-hydrogen) atoms. The summed E-state index contributed by atoms with van der Waals surface area (Å²) in [6, 6.07) is 5.76. The lowest BCUT2D eigenvalue weighted by molar-refractivity contribution is 0.298. The van der Waals surface area contributed by atoms with Gasteiger partial charge in [-0.25, -0.2) is 4.98 Å². The Kier molecular flexibility index (Phi) is 3.01. The molecular weight excluding hydrogens is 202 g/mol. The van der Waals surface area contributed by atoms with Crippen molar-refractivity contribution in [3.8, 4) is 11.5 Å². The van der Waals surface area contributed by atoms with Gasteiger partial charge >= 0.3 is 0 Å². The van der Waals surface area contributed by atoms with Crippen LogP contribution in [-0.2, 0) is 13.5 Å². The summed E-state index contributed by atoms with van der Waals surface area (Å²) in [6.45, 7) is 2.13. The number of rotatable bonds is 3. The van der Waals surface area contributed by atoms with Crippen LogP contribution in [-0.4, -0.2) is 26.2 Å². The second kappa shape index (κ2) is 4.45. The predicted octanol–water partition coefficient (Wildman–Crippen LogP) is 1.33. The molecule has 0 aromatic carbocycles. The topological polar surface area (TPSA) is 50.9 Å². The quantitative estimate of drug-likeness (QED) is 0.843. The molecule has 0 saturated carbocycles. The third kappa shape index (κ3) is 1.84. The summed E-state index contributed by atoms with van der Waals surface area (Å²) in [4.78, 5) is 8.79. The van der Waals surface area contributed by atoms with Crippen molar-refractivity contribution in [3.05, 3.63) is 35.8 Å². The molecule has 2 rings (SSSR count). The number of aliphatic hydroxyl groups is 1. The van der Waals surface area contributed by atoms with E-state index in [4.69, 9.17) is 5.11 Å². The lowest BCUT2D eigenvalue weighted by Gasteiger charge is -2.01. The van der Waals surface area contributed by atoms with E-state index in [9.17, 15) is 0 Å². The second-order valence-corrected chi connectivity index (χ2v) is 3.72. The molecule has 2 aromatic heterocycles. The number of hydrogen-bond acceptors (Lipinski definition) is 3. The minimum Gasteiger partial charge on any atom is -0.396 e. The molecule has 0 atom stereocenters. The van der Waals surface area contributed by atoms with Crippen molar-refractivity contribution in [3.63, 3.8) is 0 Å². The van der Waals surface area contributed by atoms with Gasteiger partial charge in [-0.15, -0.1) is 0 Å². The summed E-state index contributed by atoms with van der Waals surface area (Å²) in [5, 5.41) is 8.95. The highest BCUT2D eigenvalue weighted by molar-refractivity contribution is 5.51. The lowest BCUT2D eigenvalue weighted by atomic mass is 10.3. The summed E-state index contributed by atoms with van der Waals surface area (Å²) < 4.78 is 2.01. The van der Waals surface area contributed by atoms with Crippen molar-refractivity contribution in [2.45, 2.75) is 13.3 Å². The maximum atomic E-state index is 8.95. The number of aliphatic hydroxyl groups excluding tert-OH is 1. The summed E-state index contributed by atoms with van der Waals surface area (Å²) in [7, 11) is 1.97. The molecule has 2 aromatic rings. The molecule has 0 fully saturated rings. The van der Waals surface area contributed by atoms with Gasteiger partial charge < -0.3 is 9.67 Å². The first kappa shape index (κ1) is 10.8. The van der Waals surface area contributed by atoms with Crippen LogP contribution in [0.4, 0.5) is 0 Å². The van der Waals surface area contributed by atoms with Gasteiger partial charge in [0.15, 0.2) is 5.82 Å². The smallest absolute Gasteiger partial charge is 0.158 e. The third-order valence-electron chi connectivity index (χ3n) is 2.72. The summed E-state index contributed by atoms with van der Waals surface area (Å²) in [5.41, 5.74) is 2.87. The second-order valence-electron chi connectivity index (χ2n) is 3.72. The standard InChI is InChI=1S/C12H15N3O/c1-9-10(6-8-16)14-12(15(9)2)11-5-3-4-7-13-11/h3-5,7,16H,6,8H2,1-2H3. The van der Waals surface area contributed by atoms with E-state index in [2.05, 4.69) is 9.97 Å². The maximum absolute atomic E-state index is 8.95. The first-order valence-corrected chi connectivity index (χ1v) is 5.28. The van der Waals surface area contributed by atoms with E-state index in [1.807, 2.05) is 36.7 Å². The molecule has 4 nitrogen and oxygen atoms in total. The van der Waals surface area contributed by atoms with Gasteiger partial charge in [-0.3, -0.25) is 4.98 Å². The molecule has 84 valence electrons. The van der Waals surface area contributed by atoms with Crippen LogP contribution in [0.1, 0.15) is 11.4 Å². The van der Waals surface area contributed by atoms with Crippen molar-refractivity contribution in [2.75, 3.05) is 6.61 Å². The zero-order valence-electron chi connectivity index (χ0n) is 9.51. The van der Waals surface area contributed by atoms with E-state index in [1.54, 1.807) is 6.20 Å². The van der Waals surface area contributed by atoms with Gasteiger partial charge in [-0.2, -0.15) is 0 Å². The zero-order chi connectivity index (χ0) is 11.5. The molecule has 0 bridgehead atoms.